The molecule has 0 spiro atoms. The van der Waals surface area contributed by atoms with Gasteiger partial charge in [0.2, 0.25) is 0 Å². The molecule has 4 rings (SSSR count). The molecule has 0 unspecified atom stereocenters. The van der Waals surface area contributed by atoms with Crippen LogP contribution in [0.1, 0.15) is 21.6 Å². The lowest BCUT2D eigenvalue weighted by molar-refractivity contribution is 0.0951. The predicted molar refractivity (Wildman–Crippen MR) is 127 cm³/mol. The number of nitrogens with zero attached hydrogens (tertiary/aromatic N) is 5. The van der Waals surface area contributed by atoms with Gasteiger partial charge >= 0.3 is 0 Å². The van der Waals surface area contributed by atoms with Gasteiger partial charge in [0.05, 0.1) is 36.2 Å². The largest absolute Gasteiger partial charge is 0.369 e. The average molecular weight is 463 g/mol. The number of anilines is 1. The first-order valence-electron chi connectivity index (χ1n) is 11.0. The minimum Gasteiger partial charge on any atom is -0.369 e. The highest BCUT2D eigenvalue weighted by atomic mass is 19.1. The molecule has 0 aliphatic carbocycles. The predicted octanol–water partition coefficient (Wildman–Crippen LogP) is 2.36. The summed E-state index contributed by atoms with van der Waals surface area (Å²) in [5.74, 6) is -0.0982. The highest BCUT2D eigenvalue weighted by Crippen LogP contribution is 2.22. The quantitative estimate of drug-likeness (QED) is 0.333. The van der Waals surface area contributed by atoms with Crippen LogP contribution in [0.2, 0.25) is 0 Å². The second-order valence-corrected chi connectivity index (χ2v) is 7.84. The van der Waals surface area contributed by atoms with Crippen molar-refractivity contribution < 1.29 is 9.18 Å². The van der Waals surface area contributed by atoms with Crippen molar-refractivity contribution in [3.63, 3.8) is 0 Å². The van der Waals surface area contributed by atoms with Gasteiger partial charge in [-0.15, -0.1) is 0 Å². The molecule has 0 aliphatic rings. The molecule has 0 radical (unpaired) electrons. The van der Waals surface area contributed by atoms with E-state index in [9.17, 15) is 9.18 Å². The summed E-state index contributed by atoms with van der Waals surface area (Å²) in [5, 5.41) is 14.7. The lowest BCUT2D eigenvalue weighted by Crippen LogP contribution is -2.25. The molecule has 34 heavy (non-hydrogen) atoms. The van der Waals surface area contributed by atoms with E-state index in [-0.39, 0.29) is 18.3 Å². The fourth-order valence-corrected chi connectivity index (χ4v) is 3.53. The number of carbonyl (C=O) groups is 1. The Kier molecular flexibility index (Phi) is 7.28. The Hall–Kier alpha value is -4.05. The number of rotatable bonds is 10. The number of aryl methyl sites for hydroxylation is 1. The van der Waals surface area contributed by atoms with Crippen molar-refractivity contribution in [1.82, 2.24) is 29.9 Å². The normalized spacial score (nSPS) is 10.9. The topological polar surface area (TPSA) is 116 Å². The SMILES string of the molecule is Cn1cc(-c2ccc(C(=O)NCc3ccn(CCN)n3)c(NCCc3cccc(F)c3)n2)cn1. The van der Waals surface area contributed by atoms with E-state index in [4.69, 9.17) is 5.73 Å². The number of amides is 1. The number of hydrogen-bond acceptors (Lipinski definition) is 6. The summed E-state index contributed by atoms with van der Waals surface area (Å²) in [5.41, 5.74) is 9.10. The Morgan fingerprint density at radius 1 is 1.21 bits per heavy atom. The zero-order valence-electron chi connectivity index (χ0n) is 18.9. The van der Waals surface area contributed by atoms with Crippen molar-refractivity contribution in [2.75, 3.05) is 18.4 Å². The number of pyridine rings is 1. The van der Waals surface area contributed by atoms with E-state index in [0.29, 0.717) is 43.1 Å². The van der Waals surface area contributed by atoms with Gasteiger partial charge in [-0.2, -0.15) is 10.2 Å². The third-order valence-electron chi connectivity index (χ3n) is 5.22. The molecule has 0 bridgehead atoms. The monoisotopic (exact) mass is 462 g/mol. The number of benzene rings is 1. The average Bonchev–Trinajstić information content (AvgIpc) is 3.46. The molecule has 3 heterocycles. The first-order valence-corrected chi connectivity index (χ1v) is 11.0. The van der Waals surface area contributed by atoms with Crippen LogP contribution >= 0.6 is 0 Å². The summed E-state index contributed by atoms with van der Waals surface area (Å²) in [4.78, 5) is 17.7. The second-order valence-electron chi connectivity index (χ2n) is 7.84. The maximum absolute atomic E-state index is 13.5. The number of hydrogen-bond donors (Lipinski definition) is 3. The highest BCUT2D eigenvalue weighted by Gasteiger charge is 2.15. The molecular weight excluding hydrogens is 435 g/mol. The van der Waals surface area contributed by atoms with Crippen molar-refractivity contribution >= 4 is 11.7 Å². The molecular formula is C24H27FN8O. The number of halogens is 1. The summed E-state index contributed by atoms with van der Waals surface area (Å²) in [6.45, 7) is 1.88. The van der Waals surface area contributed by atoms with Gasteiger partial charge in [-0.1, -0.05) is 12.1 Å². The Labute approximate surface area is 196 Å². The maximum atomic E-state index is 13.5. The van der Waals surface area contributed by atoms with E-state index in [0.717, 1.165) is 16.8 Å². The van der Waals surface area contributed by atoms with Crippen LogP contribution in [-0.4, -0.2) is 43.5 Å². The minimum atomic E-state index is -0.275. The summed E-state index contributed by atoms with van der Waals surface area (Å²) < 4.78 is 16.9. The Balaban J connectivity index is 1.50. The van der Waals surface area contributed by atoms with Crippen LogP contribution in [0.25, 0.3) is 11.3 Å². The molecule has 1 aromatic carbocycles. The maximum Gasteiger partial charge on any atom is 0.255 e. The van der Waals surface area contributed by atoms with Gasteiger partial charge < -0.3 is 16.4 Å². The number of aromatic nitrogens is 5. The molecule has 0 fully saturated rings. The third kappa shape index (κ3) is 5.84. The van der Waals surface area contributed by atoms with E-state index >= 15 is 0 Å². The lowest BCUT2D eigenvalue weighted by Gasteiger charge is -2.13. The van der Waals surface area contributed by atoms with Crippen molar-refractivity contribution in [3.05, 3.63) is 83.7 Å². The Bertz CT molecular complexity index is 1270. The standard InChI is InChI=1S/C24H27FN8O/c1-32-16-18(14-29-32)22-6-5-21(24(34)28-15-20-8-11-33(31-20)12-9-26)23(30-22)27-10-7-17-3-2-4-19(25)13-17/h2-6,8,11,13-14,16H,7,9-10,12,15,26H2,1H3,(H,27,30)(H,28,34). The minimum absolute atomic E-state index is 0.271. The molecule has 4 N–H and O–H groups in total. The summed E-state index contributed by atoms with van der Waals surface area (Å²) >= 11 is 0. The second kappa shape index (κ2) is 10.7. The van der Waals surface area contributed by atoms with Gasteiger partial charge in [0, 0.05) is 38.1 Å². The molecule has 10 heteroatoms. The van der Waals surface area contributed by atoms with Crippen LogP contribution in [0.15, 0.2) is 61.1 Å². The molecule has 176 valence electrons. The molecule has 4 aromatic rings. The lowest BCUT2D eigenvalue weighted by atomic mass is 10.1. The summed E-state index contributed by atoms with van der Waals surface area (Å²) in [6, 6.07) is 11.8. The van der Waals surface area contributed by atoms with Gasteiger partial charge in [0.1, 0.15) is 11.6 Å². The van der Waals surface area contributed by atoms with Crippen molar-refractivity contribution in [1.29, 1.82) is 0 Å². The van der Waals surface area contributed by atoms with Gasteiger partial charge in [-0.3, -0.25) is 14.2 Å². The fourth-order valence-electron chi connectivity index (χ4n) is 3.53. The van der Waals surface area contributed by atoms with E-state index < -0.39 is 0 Å². The van der Waals surface area contributed by atoms with Gasteiger partial charge in [0.25, 0.3) is 5.91 Å². The summed E-state index contributed by atoms with van der Waals surface area (Å²) in [7, 11) is 1.83. The van der Waals surface area contributed by atoms with Crippen LogP contribution in [0.3, 0.4) is 0 Å². The van der Waals surface area contributed by atoms with Crippen LogP contribution in [-0.2, 0) is 26.6 Å². The van der Waals surface area contributed by atoms with Crippen molar-refractivity contribution in [2.45, 2.75) is 19.5 Å². The Morgan fingerprint density at radius 3 is 2.85 bits per heavy atom. The van der Waals surface area contributed by atoms with Crippen LogP contribution in [0, 0.1) is 5.82 Å². The third-order valence-corrected chi connectivity index (χ3v) is 5.22. The van der Waals surface area contributed by atoms with E-state index in [1.165, 1.54) is 12.1 Å². The van der Waals surface area contributed by atoms with E-state index in [2.05, 4.69) is 25.8 Å². The number of carbonyl (C=O) groups excluding carboxylic acids is 1. The molecule has 9 nitrogen and oxygen atoms in total. The number of nitrogens with one attached hydrogen (secondary N) is 2. The molecule has 0 saturated heterocycles. The smallest absolute Gasteiger partial charge is 0.255 e. The van der Waals surface area contributed by atoms with Crippen LogP contribution < -0.4 is 16.4 Å². The zero-order chi connectivity index (χ0) is 23.9. The van der Waals surface area contributed by atoms with Crippen LogP contribution in [0.4, 0.5) is 10.2 Å². The first kappa shape index (κ1) is 23.1. The van der Waals surface area contributed by atoms with Gasteiger partial charge in [0.15, 0.2) is 0 Å². The van der Waals surface area contributed by atoms with Gasteiger partial charge in [-0.25, -0.2) is 9.37 Å². The molecule has 0 atom stereocenters. The van der Waals surface area contributed by atoms with Crippen molar-refractivity contribution in [3.8, 4) is 11.3 Å². The van der Waals surface area contributed by atoms with E-state index in [1.54, 1.807) is 33.8 Å². The fraction of sp³-hybridized carbons (Fsp3) is 0.250. The van der Waals surface area contributed by atoms with Gasteiger partial charge in [-0.05, 0) is 42.3 Å². The highest BCUT2D eigenvalue weighted by molar-refractivity contribution is 5.99. The molecule has 0 aliphatic heterocycles. The zero-order valence-corrected chi connectivity index (χ0v) is 18.9. The van der Waals surface area contributed by atoms with E-state index in [1.807, 2.05) is 31.6 Å². The van der Waals surface area contributed by atoms with Crippen molar-refractivity contribution in [2.24, 2.45) is 12.8 Å². The number of nitrogens with two attached hydrogens (primary N) is 1. The molecule has 3 aromatic heterocycles. The molecule has 1 amide bonds. The first-order chi connectivity index (χ1) is 16.5. The molecule has 0 saturated carbocycles. The van der Waals surface area contributed by atoms with Crippen LogP contribution in [0.5, 0.6) is 0 Å². The Morgan fingerprint density at radius 2 is 2.09 bits per heavy atom. The summed E-state index contributed by atoms with van der Waals surface area (Å²) in [6.07, 6.45) is 5.99.